The van der Waals surface area contributed by atoms with Crippen LogP contribution in [-0.4, -0.2) is 56.0 Å². The molecule has 1 amide bonds. The van der Waals surface area contributed by atoms with Crippen molar-refractivity contribution in [2.75, 3.05) is 23.8 Å². The van der Waals surface area contributed by atoms with Gasteiger partial charge in [-0.1, -0.05) is 13.0 Å². The average Bonchev–Trinajstić information content (AvgIpc) is 3.47. The maximum atomic E-state index is 14.0. The van der Waals surface area contributed by atoms with Crippen molar-refractivity contribution < 1.29 is 18.3 Å². The normalized spacial score (nSPS) is 19.3. The van der Waals surface area contributed by atoms with Crippen LogP contribution < -0.4 is 10.6 Å². The van der Waals surface area contributed by atoms with Crippen molar-refractivity contribution in [2.24, 2.45) is 0 Å². The topological polar surface area (TPSA) is 105 Å². The van der Waals surface area contributed by atoms with E-state index in [2.05, 4.69) is 35.5 Å². The molecule has 0 unspecified atom stereocenters. The zero-order valence-electron chi connectivity index (χ0n) is 21.0. The van der Waals surface area contributed by atoms with Crippen LogP contribution in [0.1, 0.15) is 44.3 Å². The zero-order chi connectivity index (χ0) is 26.2. The first kappa shape index (κ1) is 25.1. The lowest BCUT2D eigenvalue weighted by atomic mass is 10.1. The molecule has 2 N–H and O–H groups in total. The summed E-state index contributed by atoms with van der Waals surface area (Å²) < 4.78 is 33.8. The second-order valence-corrected chi connectivity index (χ2v) is 9.56. The third kappa shape index (κ3) is 5.72. The number of fused-ring (bicyclic) bond motifs is 2. The lowest BCUT2D eigenvalue weighted by Gasteiger charge is -2.26. The molecule has 194 valence electrons. The summed E-state index contributed by atoms with van der Waals surface area (Å²) in [5.74, 6) is -3.50. The second-order valence-electron chi connectivity index (χ2n) is 9.56. The molecule has 2 aliphatic rings. The quantitative estimate of drug-likeness (QED) is 0.464. The minimum Gasteiger partial charge on any atom is -0.375 e. The van der Waals surface area contributed by atoms with E-state index in [1.54, 1.807) is 18.3 Å². The Morgan fingerprint density at radius 1 is 1.19 bits per heavy atom. The van der Waals surface area contributed by atoms with Gasteiger partial charge in [0.2, 0.25) is 11.7 Å². The van der Waals surface area contributed by atoms with E-state index >= 15 is 0 Å². The number of nitrogens with one attached hydrogen (secondary N) is 2. The van der Waals surface area contributed by atoms with Crippen LogP contribution >= 0.6 is 0 Å². The van der Waals surface area contributed by atoms with Gasteiger partial charge in [-0.2, -0.15) is 8.78 Å². The monoisotopic (exact) mass is 509 g/mol. The molecule has 2 bridgehead atoms. The van der Waals surface area contributed by atoms with Crippen LogP contribution in [0.2, 0.25) is 0 Å². The van der Waals surface area contributed by atoms with Crippen LogP contribution in [0, 0.1) is 0 Å². The van der Waals surface area contributed by atoms with Gasteiger partial charge in [-0.25, -0.2) is 15.0 Å². The van der Waals surface area contributed by atoms with E-state index in [-0.39, 0.29) is 11.7 Å². The molecular weight excluding hydrogens is 480 g/mol. The fourth-order valence-electron chi connectivity index (χ4n) is 4.67. The van der Waals surface area contributed by atoms with E-state index in [1.165, 1.54) is 6.92 Å². The molecule has 2 fully saturated rings. The van der Waals surface area contributed by atoms with Gasteiger partial charge in [0.15, 0.2) is 0 Å². The maximum absolute atomic E-state index is 14.0. The fraction of sp³-hybridized carbons (Fsp3) is 0.423. The molecule has 0 radical (unpaired) electrons. The minimum atomic E-state index is -3.19. The second kappa shape index (κ2) is 10.1. The van der Waals surface area contributed by atoms with Crippen LogP contribution in [0.5, 0.6) is 0 Å². The van der Waals surface area contributed by atoms with Crippen molar-refractivity contribution >= 4 is 23.2 Å². The summed E-state index contributed by atoms with van der Waals surface area (Å²) in [6.45, 7) is 6.51. The summed E-state index contributed by atoms with van der Waals surface area (Å²) >= 11 is 0. The Kier molecular flexibility index (Phi) is 6.82. The highest BCUT2D eigenvalue weighted by molar-refractivity contribution is 5.89. The SMILES string of the molecule is CCc1cc(Nc2cc(NC(C)=O)ncc2-c2ccc(CN3C[C@@H]4C[C@H]3CO4)cn2)nc(C(C)(F)F)n1. The summed E-state index contributed by atoms with van der Waals surface area (Å²) in [6.07, 6.45) is 5.31. The van der Waals surface area contributed by atoms with Gasteiger partial charge in [-0.05, 0) is 24.5 Å². The van der Waals surface area contributed by atoms with E-state index in [0.717, 1.165) is 38.6 Å². The number of alkyl halides is 2. The number of aromatic nitrogens is 4. The Hall–Kier alpha value is -3.57. The van der Waals surface area contributed by atoms with Crippen LogP contribution in [0.3, 0.4) is 0 Å². The highest BCUT2D eigenvalue weighted by Crippen LogP contribution is 2.33. The number of halogens is 2. The summed E-state index contributed by atoms with van der Waals surface area (Å²) in [4.78, 5) is 31.0. The van der Waals surface area contributed by atoms with Crippen LogP contribution in [0.15, 0.2) is 36.7 Å². The Morgan fingerprint density at radius 2 is 2.03 bits per heavy atom. The largest absolute Gasteiger partial charge is 0.375 e. The molecule has 9 nitrogen and oxygen atoms in total. The van der Waals surface area contributed by atoms with Crippen molar-refractivity contribution in [3.63, 3.8) is 0 Å². The van der Waals surface area contributed by atoms with Crippen molar-refractivity contribution in [1.29, 1.82) is 0 Å². The van der Waals surface area contributed by atoms with Gasteiger partial charge >= 0.3 is 5.92 Å². The molecule has 2 atom stereocenters. The highest BCUT2D eigenvalue weighted by atomic mass is 19.3. The van der Waals surface area contributed by atoms with Gasteiger partial charge in [-0.3, -0.25) is 14.7 Å². The third-order valence-corrected chi connectivity index (χ3v) is 6.51. The van der Waals surface area contributed by atoms with Crippen molar-refractivity contribution in [3.8, 4) is 11.3 Å². The van der Waals surface area contributed by atoms with Gasteiger partial charge < -0.3 is 15.4 Å². The van der Waals surface area contributed by atoms with E-state index in [9.17, 15) is 13.6 Å². The molecule has 3 aromatic heterocycles. The van der Waals surface area contributed by atoms with Crippen LogP contribution in [-0.2, 0) is 28.4 Å². The number of rotatable bonds is 8. The third-order valence-electron chi connectivity index (χ3n) is 6.51. The van der Waals surface area contributed by atoms with Gasteiger partial charge in [-0.15, -0.1) is 0 Å². The zero-order valence-corrected chi connectivity index (χ0v) is 21.0. The van der Waals surface area contributed by atoms with E-state index < -0.39 is 11.7 Å². The fourth-order valence-corrected chi connectivity index (χ4v) is 4.67. The van der Waals surface area contributed by atoms with E-state index in [1.807, 2.05) is 25.3 Å². The van der Waals surface area contributed by atoms with Gasteiger partial charge in [0.05, 0.1) is 24.1 Å². The van der Waals surface area contributed by atoms with E-state index in [0.29, 0.717) is 47.0 Å². The first-order valence-electron chi connectivity index (χ1n) is 12.3. The Labute approximate surface area is 213 Å². The molecule has 0 aromatic carbocycles. The number of likely N-dealkylation sites (tertiary alicyclic amines) is 1. The smallest absolute Gasteiger partial charge is 0.303 e. The standard InChI is InChI=1S/C26H29F2N7O2/c1-4-17-7-24(34-25(32-17)26(3,27)28)33-22-9-23(31-15(2)36)30-11-20(22)21-6-5-16(10-29-21)12-35-13-19-8-18(35)14-37-19/h5-7,9-11,18-19H,4,8,12-14H2,1-3H3,(H2,30,31,32,33,34,36)/t18-,19-/m0/s1. The van der Waals surface area contributed by atoms with Gasteiger partial charge in [0.1, 0.15) is 11.6 Å². The number of hydrogen-bond acceptors (Lipinski definition) is 8. The number of carbonyl (C=O) groups is 1. The summed E-state index contributed by atoms with van der Waals surface area (Å²) in [7, 11) is 0. The number of carbonyl (C=O) groups excluding carboxylic acids is 1. The predicted molar refractivity (Wildman–Crippen MR) is 135 cm³/mol. The summed E-state index contributed by atoms with van der Waals surface area (Å²) in [5.41, 5.74) is 3.36. The summed E-state index contributed by atoms with van der Waals surface area (Å²) in [5, 5.41) is 5.78. The minimum absolute atomic E-state index is 0.215. The number of aryl methyl sites for hydroxylation is 1. The number of morpholine rings is 1. The number of anilines is 3. The molecule has 0 aliphatic carbocycles. The number of nitrogens with zero attached hydrogens (tertiary/aromatic N) is 5. The van der Waals surface area contributed by atoms with Gasteiger partial charge in [0, 0.05) is 68.8 Å². The van der Waals surface area contributed by atoms with Crippen LogP contribution in [0.4, 0.5) is 26.1 Å². The molecule has 5 heterocycles. The first-order valence-corrected chi connectivity index (χ1v) is 12.3. The van der Waals surface area contributed by atoms with Gasteiger partial charge in [0.25, 0.3) is 0 Å². The highest BCUT2D eigenvalue weighted by Gasteiger charge is 2.38. The van der Waals surface area contributed by atoms with Crippen LogP contribution in [0.25, 0.3) is 11.3 Å². The number of hydrogen-bond donors (Lipinski definition) is 2. The maximum Gasteiger partial charge on any atom is 0.303 e. The molecule has 2 saturated heterocycles. The Bertz CT molecular complexity index is 1300. The molecule has 37 heavy (non-hydrogen) atoms. The molecule has 0 saturated carbocycles. The molecular formula is C26H29F2N7O2. The lowest BCUT2D eigenvalue weighted by molar-refractivity contribution is -0.114. The molecule has 0 spiro atoms. The summed E-state index contributed by atoms with van der Waals surface area (Å²) in [6, 6.07) is 7.65. The first-order chi connectivity index (χ1) is 17.7. The Morgan fingerprint density at radius 3 is 2.65 bits per heavy atom. The Balaban J connectivity index is 1.44. The van der Waals surface area contributed by atoms with Crippen molar-refractivity contribution in [3.05, 3.63) is 53.7 Å². The molecule has 11 heteroatoms. The number of ether oxygens (including phenoxy) is 1. The van der Waals surface area contributed by atoms with Crippen molar-refractivity contribution in [1.82, 2.24) is 24.8 Å². The van der Waals surface area contributed by atoms with E-state index in [4.69, 9.17) is 4.74 Å². The average molecular weight is 510 g/mol. The van der Waals surface area contributed by atoms with Crippen molar-refractivity contribution in [2.45, 2.75) is 58.2 Å². The molecule has 5 rings (SSSR count). The number of pyridine rings is 2. The predicted octanol–water partition coefficient (Wildman–Crippen LogP) is 4.28. The number of amides is 1. The molecule has 3 aromatic rings. The lowest BCUT2D eigenvalue weighted by Crippen LogP contribution is -2.36. The molecule has 2 aliphatic heterocycles.